The Kier molecular flexibility index (Phi) is 53.2. The Balaban J connectivity index is -0.0000000150. The molecule has 0 aliphatic heterocycles. The van der Waals surface area contributed by atoms with E-state index in [4.69, 9.17) is 9.90 Å². The first-order valence-corrected chi connectivity index (χ1v) is 0.908. The molecular formula is C2H3ClNaO2Zn+. The summed E-state index contributed by atoms with van der Waals surface area (Å²) in [6.45, 7) is 0.972. The first-order chi connectivity index (χ1) is 1.73. The monoisotopic (exact) mass is 181 g/mol. The van der Waals surface area contributed by atoms with Crippen LogP contribution in [0.2, 0.25) is 0 Å². The van der Waals surface area contributed by atoms with E-state index in [9.17, 15) is 0 Å². The van der Waals surface area contributed by atoms with Gasteiger partial charge in [-0.15, -0.1) is 0 Å². The molecule has 32 valence electrons. The van der Waals surface area contributed by atoms with Gasteiger partial charge in [-0.1, -0.05) is 0 Å². The predicted molar refractivity (Wildman–Crippen MR) is 10.7 cm³/mol. The summed E-state index contributed by atoms with van der Waals surface area (Å²) in [5, 5.41) is 8.89. The van der Waals surface area contributed by atoms with Gasteiger partial charge in [-0.05, 0) is 6.92 Å². The van der Waals surface area contributed by atoms with Gasteiger partial charge in [0.05, 0.1) is 0 Å². The number of rotatable bonds is 0. The molecule has 0 saturated carbocycles. The molecule has 5 heteroatoms. The van der Waals surface area contributed by atoms with Crippen molar-refractivity contribution < 1.29 is 71.3 Å². The predicted octanol–water partition coefficient (Wildman–Crippen LogP) is -7.24. The maximum Gasteiger partial charge on any atom is 2.00 e. The second-order valence-electron chi connectivity index (χ2n) is 0.492. The van der Waals surface area contributed by atoms with Gasteiger partial charge < -0.3 is 22.3 Å². The van der Waals surface area contributed by atoms with Crippen LogP contribution in [0.5, 0.6) is 0 Å². The van der Waals surface area contributed by atoms with E-state index in [0.29, 0.717) is 0 Å². The van der Waals surface area contributed by atoms with E-state index >= 15 is 0 Å². The molecule has 7 heavy (non-hydrogen) atoms. The van der Waals surface area contributed by atoms with Crippen molar-refractivity contribution >= 4 is 5.97 Å². The topological polar surface area (TPSA) is 40.1 Å². The molecule has 0 radical (unpaired) electrons. The van der Waals surface area contributed by atoms with Crippen molar-refractivity contribution in [2.45, 2.75) is 6.92 Å². The summed E-state index contributed by atoms with van der Waals surface area (Å²) in [6, 6.07) is 0. The van der Waals surface area contributed by atoms with Gasteiger partial charge in [0.15, 0.2) is 0 Å². The zero-order valence-corrected chi connectivity index (χ0v) is 10.1. The Morgan fingerprint density at radius 3 is 1.57 bits per heavy atom. The fourth-order valence-electron chi connectivity index (χ4n) is 0. The number of carbonyl (C=O) groups excluding carboxylic acids is 1. The minimum atomic E-state index is -1.08. The molecule has 0 N–H and O–H groups in total. The van der Waals surface area contributed by atoms with Crippen LogP contribution < -0.4 is 47.1 Å². The normalized spacial score (nSPS) is 3.57. The number of hydrogen-bond donors (Lipinski definition) is 0. The van der Waals surface area contributed by atoms with Gasteiger partial charge in [0.1, 0.15) is 0 Å². The molecular weight excluding hydrogens is 180 g/mol. The summed E-state index contributed by atoms with van der Waals surface area (Å²) >= 11 is 0. The molecule has 0 spiro atoms. The van der Waals surface area contributed by atoms with Crippen LogP contribution in [0, 0.1) is 0 Å². The summed E-state index contributed by atoms with van der Waals surface area (Å²) in [7, 11) is 0. The standard InChI is InChI=1S/C2H4O2.ClH.Na.Zn/c1-2(3)4;;;/h1H3,(H,3,4);1H;;/q;;+1;+2/p-2. The second-order valence-corrected chi connectivity index (χ2v) is 0.492. The van der Waals surface area contributed by atoms with Gasteiger partial charge in [0.2, 0.25) is 0 Å². The average Bonchev–Trinajstić information content (AvgIpc) is 0.811. The molecule has 0 saturated heterocycles. The third-order valence-corrected chi connectivity index (χ3v) is 0. The summed E-state index contributed by atoms with van der Waals surface area (Å²) < 4.78 is 0. The second kappa shape index (κ2) is 15.7. The third kappa shape index (κ3) is 112. The molecule has 0 fully saturated rings. The van der Waals surface area contributed by atoms with Gasteiger partial charge >= 0.3 is 49.0 Å². The smallest absolute Gasteiger partial charge is 1.00 e. The fourth-order valence-corrected chi connectivity index (χ4v) is 0. The number of carboxylic acids is 1. The van der Waals surface area contributed by atoms with Gasteiger partial charge in [0.25, 0.3) is 0 Å². The zero-order chi connectivity index (χ0) is 3.58. The third-order valence-electron chi connectivity index (χ3n) is 0. The number of carbonyl (C=O) groups is 1. The Labute approximate surface area is 83.5 Å². The van der Waals surface area contributed by atoms with E-state index in [1.807, 2.05) is 0 Å². The van der Waals surface area contributed by atoms with Crippen molar-refractivity contribution in [2.24, 2.45) is 0 Å². The van der Waals surface area contributed by atoms with E-state index in [2.05, 4.69) is 0 Å². The van der Waals surface area contributed by atoms with Crippen LogP contribution in [0.25, 0.3) is 0 Å². The van der Waals surface area contributed by atoms with Gasteiger partial charge in [0, 0.05) is 5.97 Å². The van der Waals surface area contributed by atoms with Crippen LogP contribution in [0.15, 0.2) is 0 Å². The SMILES string of the molecule is CC(=O)[O-].[Cl-].[Na+].[Zn+2]. The zero-order valence-electron chi connectivity index (χ0n) is 4.40. The van der Waals surface area contributed by atoms with Crippen LogP contribution in [0.4, 0.5) is 0 Å². The Morgan fingerprint density at radius 2 is 1.57 bits per heavy atom. The molecule has 0 bridgehead atoms. The summed E-state index contributed by atoms with van der Waals surface area (Å²) in [4.78, 5) is 8.89. The van der Waals surface area contributed by atoms with Gasteiger partial charge in [-0.3, -0.25) is 0 Å². The Bertz CT molecular complexity index is 38.7. The number of aliphatic carboxylic acids is 1. The molecule has 0 aromatic carbocycles. The van der Waals surface area contributed by atoms with Crippen molar-refractivity contribution in [1.82, 2.24) is 0 Å². The van der Waals surface area contributed by atoms with Gasteiger partial charge in [-0.25, -0.2) is 0 Å². The van der Waals surface area contributed by atoms with E-state index < -0.39 is 5.97 Å². The van der Waals surface area contributed by atoms with Crippen molar-refractivity contribution in [1.29, 1.82) is 0 Å². The minimum absolute atomic E-state index is 0. The quantitative estimate of drug-likeness (QED) is 0.350. The van der Waals surface area contributed by atoms with Crippen molar-refractivity contribution in [3.8, 4) is 0 Å². The first kappa shape index (κ1) is 23.8. The molecule has 0 heterocycles. The van der Waals surface area contributed by atoms with Gasteiger partial charge in [-0.2, -0.15) is 0 Å². The van der Waals surface area contributed by atoms with Crippen LogP contribution in [0.1, 0.15) is 6.92 Å². The molecule has 0 aromatic rings. The molecule has 0 aliphatic rings. The van der Waals surface area contributed by atoms with E-state index in [1.165, 1.54) is 0 Å². The summed E-state index contributed by atoms with van der Waals surface area (Å²) in [6.07, 6.45) is 0. The molecule has 0 rings (SSSR count). The fraction of sp³-hybridized carbons (Fsp3) is 0.500. The molecule has 0 aliphatic carbocycles. The van der Waals surface area contributed by atoms with E-state index in [1.54, 1.807) is 0 Å². The minimum Gasteiger partial charge on any atom is -1.00 e. The van der Waals surface area contributed by atoms with Crippen LogP contribution in [-0.4, -0.2) is 5.97 Å². The summed E-state index contributed by atoms with van der Waals surface area (Å²) in [5.41, 5.74) is 0. The van der Waals surface area contributed by atoms with Crippen LogP contribution >= 0.6 is 0 Å². The van der Waals surface area contributed by atoms with Crippen molar-refractivity contribution in [3.63, 3.8) is 0 Å². The number of hydrogen-bond acceptors (Lipinski definition) is 2. The van der Waals surface area contributed by atoms with Crippen LogP contribution in [-0.2, 0) is 24.3 Å². The van der Waals surface area contributed by atoms with E-state index in [0.717, 1.165) is 6.92 Å². The molecule has 0 amide bonds. The molecule has 0 atom stereocenters. The first-order valence-electron chi connectivity index (χ1n) is 0.908. The largest absolute Gasteiger partial charge is 2.00 e. The molecule has 2 nitrogen and oxygen atoms in total. The maximum atomic E-state index is 8.89. The Hall–Kier alpha value is 1.38. The van der Waals surface area contributed by atoms with E-state index in [-0.39, 0.29) is 61.4 Å². The summed E-state index contributed by atoms with van der Waals surface area (Å²) in [5.74, 6) is -1.08. The number of carboxylic acid groups (broad SMARTS) is 1. The van der Waals surface area contributed by atoms with Crippen LogP contribution in [0.3, 0.4) is 0 Å². The Morgan fingerprint density at radius 1 is 1.57 bits per heavy atom. The average molecular weight is 183 g/mol. The molecule has 0 aromatic heterocycles. The maximum absolute atomic E-state index is 8.89. The molecule has 0 unspecified atom stereocenters. The van der Waals surface area contributed by atoms with Crippen molar-refractivity contribution in [2.75, 3.05) is 0 Å². The van der Waals surface area contributed by atoms with Crippen molar-refractivity contribution in [3.05, 3.63) is 0 Å². The number of halogens is 1.